The number of rotatable bonds is 4. The lowest BCUT2D eigenvalue weighted by Gasteiger charge is -2.35. The molecule has 0 spiro atoms. The Hall–Kier alpha value is -1.73. The van der Waals surface area contributed by atoms with E-state index in [1.54, 1.807) is 18.4 Å². The average molecular weight is 334 g/mol. The van der Waals surface area contributed by atoms with Gasteiger partial charge in [0.15, 0.2) is 0 Å². The van der Waals surface area contributed by atoms with E-state index in [9.17, 15) is 4.79 Å². The summed E-state index contributed by atoms with van der Waals surface area (Å²) in [5, 5.41) is 1.13. The predicted octanol–water partition coefficient (Wildman–Crippen LogP) is 1.86. The Morgan fingerprint density at radius 1 is 1.30 bits per heavy atom. The first-order valence-corrected chi connectivity index (χ1v) is 8.72. The van der Waals surface area contributed by atoms with Crippen LogP contribution in [0.15, 0.2) is 6.07 Å². The summed E-state index contributed by atoms with van der Waals surface area (Å²) in [5.74, 6) is 1.86. The van der Waals surface area contributed by atoms with E-state index in [0.717, 1.165) is 41.4 Å². The molecule has 1 amide bonds. The lowest BCUT2D eigenvalue weighted by atomic mass is 10.2. The molecule has 0 unspecified atom stereocenters. The van der Waals surface area contributed by atoms with Gasteiger partial charge in [-0.3, -0.25) is 4.79 Å². The second-order valence-electron chi connectivity index (χ2n) is 5.68. The molecule has 23 heavy (non-hydrogen) atoms. The van der Waals surface area contributed by atoms with Gasteiger partial charge < -0.3 is 14.5 Å². The molecule has 1 saturated heterocycles. The minimum absolute atomic E-state index is 0.0555. The van der Waals surface area contributed by atoms with Crippen LogP contribution in [0.25, 0.3) is 10.2 Å². The topological polar surface area (TPSA) is 58.6 Å². The number of anilines is 1. The Balaban J connectivity index is 1.81. The maximum Gasteiger partial charge on any atom is 0.248 e. The van der Waals surface area contributed by atoms with Gasteiger partial charge in [0.2, 0.25) is 5.91 Å². The lowest BCUT2D eigenvalue weighted by Crippen LogP contribution is -2.50. The number of ether oxygens (including phenoxy) is 1. The van der Waals surface area contributed by atoms with E-state index in [4.69, 9.17) is 4.74 Å². The number of carbonyl (C=O) groups is 1. The zero-order valence-corrected chi connectivity index (χ0v) is 14.7. The predicted molar refractivity (Wildman–Crippen MR) is 92.2 cm³/mol. The average Bonchev–Trinajstić information content (AvgIpc) is 2.97. The van der Waals surface area contributed by atoms with Crippen molar-refractivity contribution in [3.63, 3.8) is 0 Å². The molecular formula is C16H22N4O2S. The third kappa shape index (κ3) is 3.30. The number of piperazine rings is 1. The third-order valence-electron chi connectivity index (χ3n) is 4.08. The molecular weight excluding hydrogens is 312 g/mol. The largest absolute Gasteiger partial charge is 0.375 e. The maximum absolute atomic E-state index is 11.9. The number of hydrogen-bond acceptors (Lipinski definition) is 6. The van der Waals surface area contributed by atoms with Gasteiger partial charge in [-0.05, 0) is 19.4 Å². The summed E-state index contributed by atoms with van der Waals surface area (Å²) in [6.45, 7) is 7.24. The number of carbonyl (C=O) groups excluding carboxylic acids is 1. The van der Waals surface area contributed by atoms with Crippen molar-refractivity contribution in [2.24, 2.45) is 0 Å². The molecule has 0 bridgehead atoms. The van der Waals surface area contributed by atoms with Crippen LogP contribution in [0.3, 0.4) is 0 Å². The van der Waals surface area contributed by atoms with Gasteiger partial charge in [-0.2, -0.15) is 0 Å². The summed E-state index contributed by atoms with van der Waals surface area (Å²) >= 11 is 1.74. The molecule has 6 nitrogen and oxygen atoms in total. The highest BCUT2D eigenvalue weighted by atomic mass is 32.1. The number of nitrogens with zero attached hydrogens (tertiary/aromatic N) is 4. The van der Waals surface area contributed by atoms with Crippen LogP contribution in [-0.4, -0.2) is 60.7 Å². The second-order valence-corrected chi connectivity index (χ2v) is 6.80. The normalized spacial score (nSPS) is 15.4. The first-order chi connectivity index (χ1) is 11.1. The molecule has 0 radical (unpaired) electrons. The van der Waals surface area contributed by atoms with Crippen molar-refractivity contribution in [1.29, 1.82) is 0 Å². The van der Waals surface area contributed by atoms with Crippen LogP contribution in [0.2, 0.25) is 0 Å². The Labute approximate surface area is 140 Å². The summed E-state index contributed by atoms with van der Waals surface area (Å²) in [5.41, 5.74) is 0. The zero-order valence-electron chi connectivity index (χ0n) is 13.8. The Kier molecular flexibility index (Phi) is 4.77. The van der Waals surface area contributed by atoms with E-state index in [1.165, 1.54) is 4.88 Å². The van der Waals surface area contributed by atoms with Gasteiger partial charge in [0.05, 0.1) is 5.39 Å². The zero-order chi connectivity index (χ0) is 16.4. The number of amides is 1. The quantitative estimate of drug-likeness (QED) is 0.854. The fraction of sp³-hybridized carbons (Fsp3) is 0.562. The van der Waals surface area contributed by atoms with Crippen LogP contribution in [-0.2, 0) is 16.0 Å². The van der Waals surface area contributed by atoms with Crippen molar-refractivity contribution in [1.82, 2.24) is 14.9 Å². The lowest BCUT2D eigenvalue weighted by molar-refractivity contribution is -0.135. The molecule has 1 aliphatic heterocycles. The van der Waals surface area contributed by atoms with Crippen molar-refractivity contribution in [3.8, 4) is 0 Å². The van der Waals surface area contributed by atoms with Crippen molar-refractivity contribution in [2.45, 2.75) is 20.3 Å². The van der Waals surface area contributed by atoms with Crippen molar-refractivity contribution in [3.05, 3.63) is 16.8 Å². The van der Waals surface area contributed by atoms with Crippen molar-refractivity contribution < 1.29 is 9.53 Å². The number of hydrogen-bond donors (Lipinski definition) is 0. The van der Waals surface area contributed by atoms with Crippen LogP contribution in [0.5, 0.6) is 0 Å². The van der Waals surface area contributed by atoms with Gasteiger partial charge in [-0.1, -0.05) is 6.92 Å². The van der Waals surface area contributed by atoms with Crippen LogP contribution < -0.4 is 4.90 Å². The summed E-state index contributed by atoms with van der Waals surface area (Å²) in [4.78, 5) is 27.7. The highest BCUT2D eigenvalue weighted by Gasteiger charge is 2.23. The molecule has 0 aromatic carbocycles. The Bertz CT molecular complexity index is 707. The molecule has 0 aliphatic carbocycles. The second kappa shape index (κ2) is 6.80. The van der Waals surface area contributed by atoms with E-state index < -0.39 is 0 Å². The molecule has 1 aliphatic rings. The Morgan fingerprint density at radius 2 is 2.04 bits per heavy atom. The highest BCUT2D eigenvalue weighted by Crippen LogP contribution is 2.31. The summed E-state index contributed by atoms with van der Waals surface area (Å²) < 4.78 is 4.93. The van der Waals surface area contributed by atoms with Gasteiger partial charge in [-0.25, -0.2) is 9.97 Å². The highest BCUT2D eigenvalue weighted by molar-refractivity contribution is 7.18. The Morgan fingerprint density at radius 3 is 2.70 bits per heavy atom. The summed E-state index contributed by atoms with van der Waals surface area (Å²) in [7, 11) is 1.55. The minimum Gasteiger partial charge on any atom is -0.375 e. The number of methoxy groups -OCH3 is 1. The standard InChI is InChI=1S/C16H22N4O2S/c1-4-12-9-13-15(17-11(2)18-16(13)23-12)20-7-5-19(6-8-20)14(21)10-22-3/h9H,4-8,10H2,1-3H3. The fourth-order valence-corrected chi connectivity index (χ4v) is 3.87. The van der Waals surface area contributed by atoms with Gasteiger partial charge in [0.25, 0.3) is 0 Å². The molecule has 0 N–H and O–H groups in total. The smallest absolute Gasteiger partial charge is 0.248 e. The van der Waals surface area contributed by atoms with E-state index in [0.29, 0.717) is 13.1 Å². The third-order valence-corrected chi connectivity index (χ3v) is 5.26. The van der Waals surface area contributed by atoms with E-state index >= 15 is 0 Å². The molecule has 3 rings (SSSR count). The molecule has 7 heteroatoms. The van der Waals surface area contributed by atoms with Gasteiger partial charge in [0.1, 0.15) is 23.1 Å². The maximum atomic E-state index is 11.9. The molecule has 0 saturated carbocycles. The first-order valence-electron chi connectivity index (χ1n) is 7.91. The van der Waals surface area contributed by atoms with Gasteiger partial charge in [-0.15, -0.1) is 11.3 Å². The van der Waals surface area contributed by atoms with Crippen molar-refractivity contribution in [2.75, 3.05) is 44.8 Å². The van der Waals surface area contributed by atoms with Crippen LogP contribution in [0.4, 0.5) is 5.82 Å². The molecule has 124 valence electrons. The van der Waals surface area contributed by atoms with Crippen molar-refractivity contribution >= 4 is 33.3 Å². The number of thiophene rings is 1. The van der Waals surface area contributed by atoms with E-state index in [-0.39, 0.29) is 12.5 Å². The van der Waals surface area contributed by atoms with Gasteiger partial charge in [0, 0.05) is 38.2 Å². The van der Waals surface area contributed by atoms with E-state index in [2.05, 4.69) is 27.9 Å². The van der Waals surface area contributed by atoms with E-state index in [1.807, 2.05) is 11.8 Å². The summed E-state index contributed by atoms with van der Waals surface area (Å²) in [6, 6.07) is 2.21. The van der Waals surface area contributed by atoms with Crippen LogP contribution in [0.1, 0.15) is 17.6 Å². The molecule has 3 heterocycles. The fourth-order valence-electron chi connectivity index (χ4n) is 2.86. The molecule has 2 aromatic rings. The van der Waals surface area contributed by atoms with Gasteiger partial charge >= 0.3 is 0 Å². The SMILES string of the molecule is CCc1cc2c(N3CCN(C(=O)COC)CC3)nc(C)nc2s1. The molecule has 0 atom stereocenters. The van der Waals surface area contributed by atoms with Crippen LogP contribution >= 0.6 is 11.3 Å². The first kappa shape index (κ1) is 16.1. The molecule has 1 fully saturated rings. The summed E-state index contributed by atoms with van der Waals surface area (Å²) in [6.07, 6.45) is 1.01. The number of fused-ring (bicyclic) bond motifs is 1. The number of aromatic nitrogens is 2. The monoisotopic (exact) mass is 334 g/mol. The number of aryl methyl sites for hydroxylation is 2. The van der Waals surface area contributed by atoms with Crippen LogP contribution in [0, 0.1) is 6.92 Å². The molecule has 2 aromatic heterocycles. The minimum atomic E-state index is 0.0555.